The van der Waals surface area contributed by atoms with E-state index in [4.69, 9.17) is 4.74 Å². The van der Waals surface area contributed by atoms with Gasteiger partial charge in [0.15, 0.2) is 0 Å². The highest BCUT2D eigenvalue weighted by molar-refractivity contribution is 5.92. The number of anilines is 2. The number of methoxy groups -OCH3 is 1. The molecule has 1 aliphatic heterocycles. The predicted molar refractivity (Wildman–Crippen MR) is 115 cm³/mol. The smallest absolute Gasteiger partial charge is 0.238 e. The molecule has 1 aliphatic rings. The maximum Gasteiger partial charge on any atom is 0.238 e. The maximum absolute atomic E-state index is 12.4. The zero-order valence-electron chi connectivity index (χ0n) is 17.4. The summed E-state index contributed by atoms with van der Waals surface area (Å²) in [7, 11) is 3.66. The summed E-state index contributed by atoms with van der Waals surface area (Å²) in [6, 6.07) is 12.4. The molecule has 0 spiro atoms. The number of benzene rings is 2. The Morgan fingerprint density at radius 2 is 1.71 bits per heavy atom. The number of carbonyl (C=O) groups is 1. The van der Waals surface area contributed by atoms with Crippen molar-refractivity contribution in [2.75, 3.05) is 44.0 Å². The zero-order chi connectivity index (χ0) is 20.1. The van der Waals surface area contributed by atoms with Gasteiger partial charge in [-0.2, -0.15) is 0 Å². The summed E-state index contributed by atoms with van der Waals surface area (Å²) < 4.78 is 5.43. The summed E-state index contributed by atoms with van der Waals surface area (Å²) in [5.74, 6) is 0.930. The first-order valence-electron chi connectivity index (χ1n) is 9.94. The van der Waals surface area contributed by atoms with Gasteiger partial charge < -0.3 is 15.0 Å². The lowest BCUT2D eigenvalue weighted by molar-refractivity contribution is -0.117. The average molecular weight is 382 g/mol. The van der Waals surface area contributed by atoms with Crippen LogP contribution in [0.5, 0.6) is 5.75 Å². The summed E-state index contributed by atoms with van der Waals surface area (Å²) >= 11 is 0. The van der Waals surface area contributed by atoms with Crippen molar-refractivity contribution in [2.24, 2.45) is 0 Å². The van der Waals surface area contributed by atoms with E-state index in [0.29, 0.717) is 13.1 Å². The van der Waals surface area contributed by atoms with Gasteiger partial charge in [0.1, 0.15) is 5.75 Å². The van der Waals surface area contributed by atoms with Crippen LogP contribution in [0, 0.1) is 13.8 Å². The van der Waals surface area contributed by atoms with Crippen LogP contribution in [0.1, 0.15) is 29.5 Å². The molecule has 0 atom stereocenters. The molecule has 1 saturated heterocycles. The number of aryl methyl sites for hydroxylation is 2. The second kappa shape index (κ2) is 9.11. The lowest BCUT2D eigenvalue weighted by Gasteiger charge is -2.19. The van der Waals surface area contributed by atoms with Crippen LogP contribution in [0.25, 0.3) is 0 Å². The Kier molecular flexibility index (Phi) is 6.57. The molecular weight excluding hydrogens is 350 g/mol. The van der Waals surface area contributed by atoms with Gasteiger partial charge in [-0.3, -0.25) is 9.69 Å². The summed E-state index contributed by atoms with van der Waals surface area (Å²) in [6.45, 7) is 7.41. The normalized spacial score (nSPS) is 13.8. The van der Waals surface area contributed by atoms with Gasteiger partial charge in [-0.15, -0.1) is 0 Å². The molecule has 0 aromatic heterocycles. The van der Waals surface area contributed by atoms with E-state index in [0.717, 1.165) is 35.7 Å². The number of carbonyl (C=O) groups excluding carboxylic acids is 1. The molecule has 0 bridgehead atoms. The Bertz CT molecular complexity index is 788. The van der Waals surface area contributed by atoms with Crippen molar-refractivity contribution in [3.8, 4) is 5.75 Å². The minimum absolute atomic E-state index is 0.00150. The highest BCUT2D eigenvalue weighted by Gasteiger charge is 2.13. The third-order valence-corrected chi connectivity index (χ3v) is 5.21. The second-order valence-corrected chi connectivity index (χ2v) is 7.72. The molecule has 150 valence electrons. The zero-order valence-corrected chi connectivity index (χ0v) is 17.4. The fourth-order valence-corrected chi connectivity index (χ4v) is 4.00. The number of likely N-dealkylation sites (N-methyl/N-ethyl adjacent to an activating group) is 1. The number of hydrogen-bond acceptors (Lipinski definition) is 4. The quantitative estimate of drug-likeness (QED) is 0.788. The Balaban J connectivity index is 1.53. The van der Waals surface area contributed by atoms with Crippen LogP contribution in [-0.4, -0.2) is 44.6 Å². The van der Waals surface area contributed by atoms with E-state index in [1.165, 1.54) is 24.1 Å². The van der Waals surface area contributed by atoms with E-state index in [1.54, 1.807) is 7.11 Å². The summed E-state index contributed by atoms with van der Waals surface area (Å²) in [4.78, 5) is 16.8. The van der Waals surface area contributed by atoms with Crippen molar-refractivity contribution >= 4 is 17.3 Å². The Morgan fingerprint density at radius 1 is 1.11 bits per heavy atom. The lowest BCUT2D eigenvalue weighted by atomic mass is 10.1. The van der Waals surface area contributed by atoms with Crippen LogP contribution in [0.3, 0.4) is 0 Å². The first-order chi connectivity index (χ1) is 13.5. The molecule has 0 aliphatic carbocycles. The molecule has 3 rings (SSSR count). The van der Waals surface area contributed by atoms with Gasteiger partial charge in [0, 0.05) is 31.0 Å². The highest BCUT2D eigenvalue weighted by Crippen LogP contribution is 2.25. The minimum Gasteiger partial charge on any atom is -0.496 e. The lowest BCUT2D eigenvalue weighted by Crippen LogP contribution is -2.29. The van der Waals surface area contributed by atoms with Gasteiger partial charge in [-0.25, -0.2) is 0 Å². The van der Waals surface area contributed by atoms with Crippen molar-refractivity contribution in [1.82, 2.24) is 4.90 Å². The van der Waals surface area contributed by atoms with Crippen LogP contribution in [0.2, 0.25) is 0 Å². The molecule has 2 aromatic rings. The molecular formula is C23H31N3O2. The SMILES string of the molecule is COc1c(C)cc(CN(C)CC(=O)Nc2ccc(N3CCCC3)cc2)cc1C. The molecule has 28 heavy (non-hydrogen) atoms. The molecule has 1 heterocycles. The molecule has 0 saturated carbocycles. The Morgan fingerprint density at radius 3 is 2.29 bits per heavy atom. The first kappa shape index (κ1) is 20.2. The number of nitrogens with zero attached hydrogens (tertiary/aromatic N) is 2. The third-order valence-electron chi connectivity index (χ3n) is 5.21. The van der Waals surface area contributed by atoms with Crippen molar-refractivity contribution in [1.29, 1.82) is 0 Å². The Labute approximate surface area is 168 Å². The van der Waals surface area contributed by atoms with Crippen molar-refractivity contribution in [3.63, 3.8) is 0 Å². The molecule has 1 N–H and O–H groups in total. The van der Waals surface area contributed by atoms with Gasteiger partial charge in [-0.1, -0.05) is 12.1 Å². The average Bonchev–Trinajstić information content (AvgIpc) is 3.16. The van der Waals surface area contributed by atoms with Gasteiger partial charge in [0.05, 0.1) is 13.7 Å². The molecule has 0 unspecified atom stereocenters. The maximum atomic E-state index is 12.4. The molecule has 1 fully saturated rings. The number of rotatable bonds is 7. The van der Waals surface area contributed by atoms with Crippen molar-refractivity contribution in [3.05, 3.63) is 53.1 Å². The summed E-state index contributed by atoms with van der Waals surface area (Å²) in [5.41, 5.74) is 5.50. The van der Waals surface area contributed by atoms with Crippen LogP contribution >= 0.6 is 0 Å². The standard InChI is InChI=1S/C23H31N3O2/c1-17-13-19(14-18(2)23(17)28-4)15-25(3)16-22(27)24-20-7-9-21(10-8-20)26-11-5-6-12-26/h7-10,13-14H,5-6,11-12,15-16H2,1-4H3,(H,24,27). The molecule has 0 radical (unpaired) electrons. The van der Waals surface area contributed by atoms with E-state index in [1.807, 2.05) is 37.9 Å². The van der Waals surface area contributed by atoms with Gasteiger partial charge in [0.25, 0.3) is 0 Å². The van der Waals surface area contributed by atoms with E-state index < -0.39 is 0 Å². The van der Waals surface area contributed by atoms with Crippen LogP contribution in [-0.2, 0) is 11.3 Å². The van der Waals surface area contributed by atoms with E-state index in [-0.39, 0.29) is 5.91 Å². The monoisotopic (exact) mass is 381 g/mol. The topological polar surface area (TPSA) is 44.8 Å². The van der Waals surface area contributed by atoms with Crippen LogP contribution in [0.4, 0.5) is 11.4 Å². The molecule has 5 nitrogen and oxygen atoms in total. The van der Waals surface area contributed by atoms with Crippen LogP contribution < -0.4 is 15.0 Å². The second-order valence-electron chi connectivity index (χ2n) is 7.72. The fraction of sp³-hybridized carbons (Fsp3) is 0.435. The number of hydrogen-bond donors (Lipinski definition) is 1. The van der Waals surface area contributed by atoms with E-state index in [9.17, 15) is 4.79 Å². The van der Waals surface area contributed by atoms with E-state index >= 15 is 0 Å². The molecule has 5 heteroatoms. The summed E-state index contributed by atoms with van der Waals surface area (Å²) in [6.07, 6.45) is 2.52. The molecule has 2 aromatic carbocycles. The largest absolute Gasteiger partial charge is 0.496 e. The Hall–Kier alpha value is -2.53. The van der Waals surface area contributed by atoms with Gasteiger partial charge in [0.2, 0.25) is 5.91 Å². The van der Waals surface area contributed by atoms with Gasteiger partial charge in [-0.05, 0) is 74.7 Å². The van der Waals surface area contributed by atoms with E-state index in [2.05, 4.69) is 34.5 Å². The van der Waals surface area contributed by atoms with Crippen LogP contribution in [0.15, 0.2) is 36.4 Å². The number of ether oxygens (including phenoxy) is 1. The number of nitrogens with one attached hydrogen (secondary N) is 1. The van der Waals surface area contributed by atoms with Gasteiger partial charge >= 0.3 is 0 Å². The predicted octanol–water partition coefficient (Wildman–Crippen LogP) is 3.98. The highest BCUT2D eigenvalue weighted by atomic mass is 16.5. The first-order valence-corrected chi connectivity index (χ1v) is 9.94. The minimum atomic E-state index is -0.00150. The summed E-state index contributed by atoms with van der Waals surface area (Å²) in [5, 5.41) is 3.00. The van der Waals surface area contributed by atoms with Crippen molar-refractivity contribution in [2.45, 2.75) is 33.2 Å². The number of amides is 1. The molecule has 1 amide bonds. The fourth-order valence-electron chi connectivity index (χ4n) is 4.00. The van der Waals surface area contributed by atoms with Crippen molar-refractivity contribution < 1.29 is 9.53 Å². The third kappa shape index (κ3) is 5.04.